The number of amides is 1. The molecular formula is C18H19NOS. The van der Waals surface area contributed by atoms with Gasteiger partial charge in [0.15, 0.2) is 0 Å². The predicted molar refractivity (Wildman–Crippen MR) is 88.4 cm³/mol. The Hall–Kier alpha value is -1.87. The Bertz CT molecular complexity index is 595. The maximum Gasteiger partial charge on any atom is 0.246 e. The Morgan fingerprint density at radius 1 is 1.14 bits per heavy atom. The van der Waals surface area contributed by atoms with E-state index in [1.54, 1.807) is 17.4 Å². The summed E-state index contributed by atoms with van der Waals surface area (Å²) in [7, 11) is 0. The molecule has 3 rings (SSSR count). The van der Waals surface area contributed by atoms with Gasteiger partial charge in [0, 0.05) is 19.2 Å². The van der Waals surface area contributed by atoms with Crippen LogP contribution in [-0.2, 0) is 4.79 Å². The van der Waals surface area contributed by atoms with E-state index < -0.39 is 0 Å². The lowest BCUT2D eigenvalue weighted by molar-refractivity contribution is -0.126. The van der Waals surface area contributed by atoms with Crippen LogP contribution in [0.1, 0.15) is 29.9 Å². The topological polar surface area (TPSA) is 20.3 Å². The van der Waals surface area contributed by atoms with Crippen molar-refractivity contribution in [2.75, 3.05) is 13.1 Å². The largest absolute Gasteiger partial charge is 0.339 e. The number of piperidine rings is 1. The van der Waals surface area contributed by atoms with E-state index in [1.165, 1.54) is 5.56 Å². The van der Waals surface area contributed by atoms with Crippen LogP contribution in [-0.4, -0.2) is 23.9 Å². The number of hydrogen-bond acceptors (Lipinski definition) is 2. The summed E-state index contributed by atoms with van der Waals surface area (Å²) in [5, 5.41) is 4.37. The van der Waals surface area contributed by atoms with E-state index >= 15 is 0 Å². The number of rotatable bonds is 3. The van der Waals surface area contributed by atoms with Gasteiger partial charge >= 0.3 is 0 Å². The lowest BCUT2D eigenvalue weighted by atomic mass is 9.91. The average molecular weight is 297 g/mol. The van der Waals surface area contributed by atoms with Crippen molar-refractivity contribution in [2.24, 2.45) is 0 Å². The third kappa shape index (κ3) is 3.61. The fourth-order valence-corrected chi connectivity index (χ4v) is 3.52. The Kier molecular flexibility index (Phi) is 4.51. The third-order valence-corrected chi connectivity index (χ3v) is 4.74. The summed E-state index contributed by atoms with van der Waals surface area (Å²) < 4.78 is 0. The molecule has 1 aromatic heterocycles. The van der Waals surface area contributed by atoms with Gasteiger partial charge in [-0.1, -0.05) is 30.3 Å². The zero-order chi connectivity index (χ0) is 14.5. The summed E-state index contributed by atoms with van der Waals surface area (Å²) >= 11 is 1.75. The standard InChI is InChI=1S/C18H19NOS/c20-18(7-6-15-4-2-1-3-5-15)19-11-8-16(9-12-19)17-10-13-21-14-17/h1-7,10,13-14,16H,8-9,11-12H2. The first-order valence-electron chi connectivity index (χ1n) is 7.37. The summed E-state index contributed by atoms with van der Waals surface area (Å²) in [6, 6.07) is 12.2. The molecule has 0 aliphatic carbocycles. The molecule has 0 unspecified atom stereocenters. The van der Waals surface area contributed by atoms with Gasteiger partial charge in [0.25, 0.3) is 0 Å². The lowest BCUT2D eigenvalue weighted by Crippen LogP contribution is -2.36. The average Bonchev–Trinajstić information content (AvgIpc) is 3.08. The van der Waals surface area contributed by atoms with E-state index in [0.717, 1.165) is 31.5 Å². The van der Waals surface area contributed by atoms with Crippen LogP contribution < -0.4 is 0 Å². The normalized spacial score (nSPS) is 16.5. The van der Waals surface area contributed by atoms with Crippen molar-refractivity contribution in [3.05, 3.63) is 64.4 Å². The van der Waals surface area contributed by atoms with Gasteiger partial charge in [-0.3, -0.25) is 4.79 Å². The van der Waals surface area contributed by atoms with Crippen LogP contribution in [0.5, 0.6) is 0 Å². The highest BCUT2D eigenvalue weighted by Crippen LogP contribution is 2.29. The lowest BCUT2D eigenvalue weighted by Gasteiger charge is -2.31. The maximum atomic E-state index is 12.2. The molecule has 0 atom stereocenters. The first-order chi connectivity index (χ1) is 10.3. The second kappa shape index (κ2) is 6.72. The Morgan fingerprint density at radius 2 is 1.90 bits per heavy atom. The quantitative estimate of drug-likeness (QED) is 0.779. The van der Waals surface area contributed by atoms with Gasteiger partial charge in [-0.2, -0.15) is 11.3 Å². The highest BCUT2D eigenvalue weighted by Gasteiger charge is 2.22. The molecule has 1 amide bonds. The number of carbonyl (C=O) groups is 1. The highest BCUT2D eigenvalue weighted by molar-refractivity contribution is 7.07. The van der Waals surface area contributed by atoms with E-state index in [4.69, 9.17) is 0 Å². The van der Waals surface area contributed by atoms with Crippen molar-refractivity contribution in [3.63, 3.8) is 0 Å². The number of nitrogens with zero attached hydrogens (tertiary/aromatic N) is 1. The highest BCUT2D eigenvalue weighted by atomic mass is 32.1. The van der Waals surface area contributed by atoms with Gasteiger partial charge in [-0.25, -0.2) is 0 Å². The fraction of sp³-hybridized carbons (Fsp3) is 0.278. The van der Waals surface area contributed by atoms with E-state index in [0.29, 0.717) is 5.92 Å². The molecule has 2 heterocycles. The van der Waals surface area contributed by atoms with Crippen molar-refractivity contribution >= 4 is 23.3 Å². The Balaban J connectivity index is 1.54. The Morgan fingerprint density at radius 3 is 2.57 bits per heavy atom. The molecule has 1 aromatic carbocycles. The second-order valence-electron chi connectivity index (χ2n) is 5.40. The molecule has 108 valence electrons. The van der Waals surface area contributed by atoms with Gasteiger partial charge < -0.3 is 4.90 Å². The van der Waals surface area contributed by atoms with Gasteiger partial charge in [0.1, 0.15) is 0 Å². The van der Waals surface area contributed by atoms with Crippen LogP contribution in [0.25, 0.3) is 6.08 Å². The van der Waals surface area contributed by atoms with E-state index in [1.807, 2.05) is 41.3 Å². The van der Waals surface area contributed by atoms with Crippen LogP contribution >= 0.6 is 11.3 Å². The molecule has 1 fully saturated rings. The van der Waals surface area contributed by atoms with Crippen molar-refractivity contribution in [3.8, 4) is 0 Å². The first kappa shape index (κ1) is 14.1. The van der Waals surface area contributed by atoms with Gasteiger partial charge in [-0.15, -0.1) is 0 Å². The minimum absolute atomic E-state index is 0.127. The molecule has 0 spiro atoms. The number of likely N-dealkylation sites (tertiary alicyclic amines) is 1. The van der Waals surface area contributed by atoms with E-state index in [9.17, 15) is 4.79 Å². The minimum Gasteiger partial charge on any atom is -0.339 e. The summed E-state index contributed by atoms with van der Waals surface area (Å²) in [5.41, 5.74) is 2.51. The molecule has 3 heteroatoms. The number of thiophene rings is 1. The zero-order valence-electron chi connectivity index (χ0n) is 11.9. The molecule has 0 saturated carbocycles. The third-order valence-electron chi connectivity index (χ3n) is 4.04. The van der Waals surface area contributed by atoms with E-state index in [2.05, 4.69) is 16.8 Å². The smallest absolute Gasteiger partial charge is 0.246 e. The van der Waals surface area contributed by atoms with Gasteiger partial charge in [0.05, 0.1) is 0 Å². The van der Waals surface area contributed by atoms with Crippen molar-refractivity contribution < 1.29 is 4.79 Å². The zero-order valence-corrected chi connectivity index (χ0v) is 12.8. The molecule has 0 N–H and O–H groups in total. The SMILES string of the molecule is O=C(C=Cc1ccccc1)N1CCC(c2ccsc2)CC1. The van der Waals surface area contributed by atoms with E-state index in [-0.39, 0.29) is 5.91 Å². The maximum absolute atomic E-state index is 12.2. The molecule has 21 heavy (non-hydrogen) atoms. The van der Waals surface area contributed by atoms with Crippen molar-refractivity contribution in [1.29, 1.82) is 0 Å². The molecule has 2 nitrogen and oxygen atoms in total. The van der Waals surface area contributed by atoms with Crippen molar-refractivity contribution in [1.82, 2.24) is 4.90 Å². The number of hydrogen-bond donors (Lipinski definition) is 0. The molecule has 1 aliphatic rings. The molecule has 2 aromatic rings. The van der Waals surface area contributed by atoms with Crippen LogP contribution in [0.2, 0.25) is 0 Å². The molecule has 1 aliphatic heterocycles. The first-order valence-corrected chi connectivity index (χ1v) is 8.31. The van der Waals surface area contributed by atoms with Gasteiger partial charge in [0.2, 0.25) is 5.91 Å². The number of benzene rings is 1. The fourth-order valence-electron chi connectivity index (χ4n) is 2.78. The summed E-state index contributed by atoms with van der Waals surface area (Å²) in [4.78, 5) is 14.2. The summed E-state index contributed by atoms with van der Waals surface area (Å²) in [6.07, 6.45) is 5.73. The molecular weight excluding hydrogens is 278 g/mol. The van der Waals surface area contributed by atoms with Crippen LogP contribution in [0.4, 0.5) is 0 Å². The molecule has 0 radical (unpaired) electrons. The summed E-state index contributed by atoms with van der Waals surface area (Å²) in [5.74, 6) is 0.751. The number of carbonyl (C=O) groups excluding carboxylic acids is 1. The summed E-state index contributed by atoms with van der Waals surface area (Å²) in [6.45, 7) is 1.72. The molecule has 0 bridgehead atoms. The van der Waals surface area contributed by atoms with Crippen molar-refractivity contribution in [2.45, 2.75) is 18.8 Å². The van der Waals surface area contributed by atoms with Gasteiger partial charge in [-0.05, 0) is 52.8 Å². The minimum atomic E-state index is 0.127. The van der Waals surface area contributed by atoms with Crippen LogP contribution in [0.15, 0.2) is 53.2 Å². The Labute approximate surface area is 129 Å². The van der Waals surface area contributed by atoms with Crippen LogP contribution in [0.3, 0.4) is 0 Å². The molecule has 1 saturated heterocycles. The van der Waals surface area contributed by atoms with Crippen LogP contribution in [0, 0.1) is 0 Å². The monoisotopic (exact) mass is 297 g/mol. The second-order valence-corrected chi connectivity index (χ2v) is 6.18. The predicted octanol–water partition coefficient (Wildman–Crippen LogP) is 4.17.